The van der Waals surface area contributed by atoms with E-state index in [-0.39, 0.29) is 28.0 Å². The number of nitrogens with zero attached hydrogens (tertiary/aromatic N) is 3. The van der Waals surface area contributed by atoms with Gasteiger partial charge in [-0.25, -0.2) is 9.97 Å². The molecule has 1 aliphatic carbocycles. The monoisotopic (exact) mass is 579 g/mol. The fourth-order valence-electron chi connectivity index (χ4n) is 5.86. The number of anilines is 1. The van der Waals surface area contributed by atoms with Crippen molar-refractivity contribution in [2.45, 2.75) is 136 Å². The molecule has 4 rings (SSSR count). The minimum atomic E-state index is 0.0438. The summed E-state index contributed by atoms with van der Waals surface area (Å²) in [6.45, 7) is 25.3. The molecule has 0 aromatic carbocycles. The van der Waals surface area contributed by atoms with E-state index in [1.165, 1.54) is 5.56 Å². The lowest BCUT2D eigenvalue weighted by atomic mass is 9.83. The molecule has 7 nitrogen and oxygen atoms in total. The second-order valence-electron chi connectivity index (χ2n) is 16.2. The molecular weight excluding hydrogens is 522 g/mol. The van der Waals surface area contributed by atoms with Gasteiger partial charge in [-0.2, -0.15) is 0 Å². The average molecular weight is 580 g/mol. The molecular formula is C35H57N5O2. The topological polar surface area (TPSA) is 71.5 Å². The summed E-state index contributed by atoms with van der Waals surface area (Å²) in [5, 5.41) is 7.59. The Kier molecular flexibility index (Phi) is 9.83. The van der Waals surface area contributed by atoms with Crippen LogP contribution in [0.25, 0.3) is 0 Å². The van der Waals surface area contributed by atoms with E-state index in [9.17, 15) is 0 Å². The number of hydrogen-bond acceptors (Lipinski definition) is 7. The zero-order valence-electron chi connectivity index (χ0n) is 28.0. The van der Waals surface area contributed by atoms with Crippen molar-refractivity contribution in [3.05, 3.63) is 42.2 Å². The number of aromatic nitrogens is 2. The van der Waals surface area contributed by atoms with Gasteiger partial charge in [-0.1, -0.05) is 34.6 Å². The third-order valence-electron chi connectivity index (χ3n) is 8.50. The lowest BCUT2D eigenvalue weighted by Crippen LogP contribution is -2.53. The summed E-state index contributed by atoms with van der Waals surface area (Å²) in [6, 6.07) is 9.31. The fraction of sp³-hybridized carbons (Fsp3) is 0.714. The van der Waals surface area contributed by atoms with Crippen LogP contribution in [-0.2, 0) is 5.41 Å². The van der Waals surface area contributed by atoms with Crippen LogP contribution in [-0.4, -0.2) is 58.9 Å². The molecule has 1 saturated heterocycles. The van der Waals surface area contributed by atoms with Crippen molar-refractivity contribution in [1.29, 1.82) is 0 Å². The summed E-state index contributed by atoms with van der Waals surface area (Å²) < 4.78 is 12.2. The maximum Gasteiger partial charge on any atom is 0.213 e. The summed E-state index contributed by atoms with van der Waals surface area (Å²) in [7, 11) is 0. The Bertz CT molecular complexity index is 1140. The molecule has 1 aliphatic heterocycles. The predicted molar refractivity (Wildman–Crippen MR) is 174 cm³/mol. The van der Waals surface area contributed by atoms with Crippen LogP contribution in [0.15, 0.2) is 36.7 Å². The van der Waals surface area contributed by atoms with Crippen molar-refractivity contribution in [2.75, 3.05) is 24.6 Å². The van der Waals surface area contributed by atoms with Gasteiger partial charge < -0.3 is 25.0 Å². The number of ether oxygens (including phenoxy) is 2. The zero-order valence-corrected chi connectivity index (χ0v) is 28.0. The molecule has 3 heterocycles. The summed E-state index contributed by atoms with van der Waals surface area (Å²) in [4.78, 5) is 11.6. The van der Waals surface area contributed by atoms with E-state index in [4.69, 9.17) is 9.47 Å². The number of rotatable bonds is 12. The number of nitrogens with one attached hydrogen (secondary N) is 2. The van der Waals surface area contributed by atoms with E-state index in [0.29, 0.717) is 24.6 Å². The van der Waals surface area contributed by atoms with Gasteiger partial charge in [0.15, 0.2) is 0 Å². The smallest absolute Gasteiger partial charge is 0.213 e. The molecule has 0 spiro atoms. The zero-order chi connectivity index (χ0) is 30.8. The van der Waals surface area contributed by atoms with Gasteiger partial charge in [-0.3, -0.25) is 0 Å². The van der Waals surface area contributed by atoms with E-state index in [0.717, 1.165) is 56.8 Å². The highest BCUT2D eigenvalue weighted by molar-refractivity contribution is 5.44. The van der Waals surface area contributed by atoms with Crippen molar-refractivity contribution in [1.82, 2.24) is 20.6 Å². The maximum absolute atomic E-state index is 6.18. The highest BCUT2D eigenvalue weighted by atomic mass is 16.5. The summed E-state index contributed by atoms with van der Waals surface area (Å²) in [5.74, 6) is 2.57. The first-order valence-corrected chi connectivity index (χ1v) is 16.0. The molecule has 0 bridgehead atoms. The van der Waals surface area contributed by atoms with Crippen LogP contribution < -0.4 is 25.0 Å². The second kappa shape index (κ2) is 12.7. The summed E-state index contributed by atoms with van der Waals surface area (Å²) in [6.07, 6.45) is 9.32. The van der Waals surface area contributed by atoms with Gasteiger partial charge in [-0.05, 0) is 101 Å². The average Bonchev–Trinajstić information content (AvgIpc) is 3.33. The third kappa shape index (κ3) is 9.84. The molecule has 2 N–H and O–H groups in total. The van der Waals surface area contributed by atoms with E-state index < -0.39 is 0 Å². The van der Waals surface area contributed by atoms with Crippen LogP contribution in [0.4, 0.5) is 5.82 Å². The highest BCUT2D eigenvalue weighted by Crippen LogP contribution is 2.31. The molecule has 7 heteroatoms. The van der Waals surface area contributed by atoms with Gasteiger partial charge in [0.25, 0.3) is 0 Å². The molecule has 2 aromatic rings. The van der Waals surface area contributed by atoms with Gasteiger partial charge >= 0.3 is 0 Å². The Morgan fingerprint density at radius 2 is 1.62 bits per heavy atom. The van der Waals surface area contributed by atoms with Crippen LogP contribution in [0, 0.1) is 5.41 Å². The van der Waals surface area contributed by atoms with Crippen molar-refractivity contribution in [3.63, 3.8) is 0 Å². The molecule has 2 aromatic heterocycles. The minimum absolute atomic E-state index is 0.0438. The molecule has 0 amide bonds. The minimum Gasteiger partial charge on any atom is -0.491 e. The summed E-state index contributed by atoms with van der Waals surface area (Å²) in [5.41, 5.74) is 1.70. The lowest BCUT2D eigenvalue weighted by molar-refractivity contribution is 0.0692. The Balaban J connectivity index is 1.17. The highest BCUT2D eigenvalue weighted by Gasteiger charge is 2.34. The molecule has 234 valence electrons. The first kappa shape index (κ1) is 32.5. The molecule has 2 aliphatic rings. The van der Waals surface area contributed by atoms with Crippen molar-refractivity contribution < 1.29 is 9.47 Å². The first-order valence-electron chi connectivity index (χ1n) is 16.0. The number of hydrogen-bond donors (Lipinski definition) is 2. The van der Waals surface area contributed by atoms with Gasteiger partial charge in [0.1, 0.15) is 17.7 Å². The Morgan fingerprint density at radius 3 is 2.26 bits per heavy atom. The third-order valence-corrected chi connectivity index (χ3v) is 8.50. The SMILES string of the molecule is CC(C)(CCC(C)(C)NC1CCN(c2cc(C(C)(C)C)ccn2)C1)COc1ccc(OC2CC(NC(C)(C)C)C2)nc1. The lowest BCUT2D eigenvalue weighted by Gasteiger charge is -2.39. The van der Waals surface area contributed by atoms with Crippen molar-refractivity contribution in [2.24, 2.45) is 5.41 Å². The second-order valence-corrected chi connectivity index (χ2v) is 16.2. The largest absolute Gasteiger partial charge is 0.491 e. The van der Waals surface area contributed by atoms with Gasteiger partial charge in [0.05, 0.1) is 12.8 Å². The van der Waals surface area contributed by atoms with E-state index >= 15 is 0 Å². The van der Waals surface area contributed by atoms with Gasteiger partial charge in [0.2, 0.25) is 5.88 Å². The maximum atomic E-state index is 6.18. The molecule has 42 heavy (non-hydrogen) atoms. The molecule has 0 radical (unpaired) electrons. The van der Waals surface area contributed by atoms with Crippen molar-refractivity contribution >= 4 is 5.82 Å². The predicted octanol–water partition coefficient (Wildman–Crippen LogP) is 6.90. The number of pyridine rings is 2. The van der Waals surface area contributed by atoms with Crippen LogP contribution in [0.5, 0.6) is 11.6 Å². The normalized spacial score (nSPS) is 21.8. The van der Waals surface area contributed by atoms with Gasteiger partial charge in [-0.15, -0.1) is 0 Å². The molecule has 1 atom stereocenters. The van der Waals surface area contributed by atoms with E-state index in [2.05, 4.69) is 107 Å². The van der Waals surface area contributed by atoms with E-state index in [1.807, 2.05) is 18.3 Å². The molecule has 1 unspecified atom stereocenters. The van der Waals surface area contributed by atoms with Crippen LogP contribution >= 0.6 is 0 Å². The Morgan fingerprint density at radius 1 is 0.881 bits per heavy atom. The molecule has 2 fully saturated rings. The summed E-state index contributed by atoms with van der Waals surface area (Å²) >= 11 is 0. The van der Waals surface area contributed by atoms with Crippen LogP contribution in [0.3, 0.4) is 0 Å². The van der Waals surface area contributed by atoms with Gasteiger partial charge in [0, 0.05) is 48.5 Å². The first-order chi connectivity index (χ1) is 19.5. The molecule has 1 saturated carbocycles. The van der Waals surface area contributed by atoms with Crippen LogP contribution in [0.1, 0.15) is 107 Å². The van der Waals surface area contributed by atoms with Crippen LogP contribution in [0.2, 0.25) is 0 Å². The standard InChI is InChI=1S/C35H57N5O2/c1-32(2,3)25-13-17-36-30(19-25)40-18-14-26(23-40)39-35(9,10)16-15-34(7,8)24-41-28-11-12-31(37-22-28)42-29-20-27(21-29)38-33(4,5)6/h11-13,17,19,22,26-27,29,38-39H,14-16,18,20-21,23-24H2,1-10H3. The quantitative estimate of drug-likeness (QED) is 0.283. The Hall–Kier alpha value is -2.38. The fourth-order valence-corrected chi connectivity index (χ4v) is 5.86. The Labute approximate surface area is 255 Å². The van der Waals surface area contributed by atoms with E-state index in [1.54, 1.807) is 6.20 Å². The van der Waals surface area contributed by atoms with Crippen molar-refractivity contribution in [3.8, 4) is 11.6 Å².